The molecule has 2 atom stereocenters. The fourth-order valence-electron chi connectivity index (χ4n) is 2.03. The second kappa shape index (κ2) is 5.65. The molecule has 0 saturated carbocycles. The minimum atomic E-state index is -0.650. The van der Waals surface area contributed by atoms with Crippen molar-refractivity contribution in [2.24, 2.45) is 0 Å². The lowest BCUT2D eigenvalue weighted by atomic mass is 10.1. The first-order chi connectivity index (χ1) is 8.90. The van der Waals surface area contributed by atoms with Crippen molar-refractivity contribution in [1.82, 2.24) is 4.90 Å². The maximum atomic E-state index is 13.5. The smallest absolute Gasteiger partial charge is 0.255 e. The molecular weight excluding hydrogens is 292 g/mol. The summed E-state index contributed by atoms with van der Waals surface area (Å²) in [7, 11) is 0. The van der Waals surface area contributed by atoms with Crippen LogP contribution in [0, 0.1) is 5.82 Å². The SMILES string of the molecule is CC1CN(C(=O)c2cc(F)c(Cl)cc2Cl)C(C)CO1. The van der Waals surface area contributed by atoms with Gasteiger partial charge in [-0.2, -0.15) is 0 Å². The van der Waals surface area contributed by atoms with Crippen molar-refractivity contribution in [2.45, 2.75) is 26.0 Å². The van der Waals surface area contributed by atoms with Crippen LogP contribution in [-0.4, -0.2) is 36.1 Å². The molecule has 1 aliphatic heterocycles. The summed E-state index contributed by atoms with van der Waals surface area (Å²) in [6, 6.07) is 2.26. The standard InChI is InChI=1S/C13H14Cl2FNO2/c1-7-6-19-8(2)5-17(7)13(18)9-3-12(16)11(15)4-10(9)14/h3-4,7-8H,5-6H2,1-2H3. The van der Waals surface area contributed by atoms with Crippen molar-refractivity contribution >= 4 is 29.1 Å². The van der Waals surface area contributed by atoms with Gasteiger partial charge in [-0.15, -0.1) is 0 Å². The first-order valence-electron chi connectivity index (χ1n) is 5.97. The molecule has 3 nitrogen and oxygen atoms in total. The average Bonchev–Trinajstić information content (AvgIpc) is 2.36. The average molecular weight is 306 g/mol. The van der Waals surface area contributed by atoms with E-state index in [0.717, 1.165) is 6.07 Å². The maximum Gasteiger partial charge on any atom is 0.255 e. The van der Waals surface area contributed by atoms with Crippen LogP contribution in [0.5, 0.6) is 0 Å². The third-order valence-corrected chi connectivity index (χ3v) is 3.71. The van der Waals surface area contributed by atoms with E-state index in [2.05, 4.69) is 0 Å². The predicted molar refractivity (Wildman–Crippen MR) is 72.3 cm³/mol. The summed E-state index contributed by atoms with van der Waals surface area (Å²) in [6.45, 7) is 4.68. The molecule has 2 rings (SSSR count). The number of nitrogens with zero attached hydrogens (tertiary/aromatic N) is 1. The zero-order valence-electron chi connectivity index (χ0n) is 10.6. The number of carbonyl (C=O) groups excluding carboxylic acids is 1. The molecule has 6 heteroatoms. The molecule has 0 spiro atoms. The van der Waals surface area contributed by atoms with Gasteiger partial charge >= 0.3 is 0 Å². The Morgan fingerprint density at radius 2 is 2.05 bits per heavy atom. The molecule has 1 heterocycles. The number of benzene rings is 1. The number of morpholine rings is 1. The van der Waals surface area contributed by atoms with Gasteiger partial charge in [0.15, 0.2) is 0 Å². The third-order valence-electron chi connectivity index (χ3n) is 3.11. The summed E-state index contributed by atoms with van der Waals surface area (Å²) in [6.07, 6.45) is -0.0453. The summed E-state index contributed by atoms with van der Waals surface area (Å²) < 4.78 is 18.9. The topological polar surface area (TPSA) is 29.5 Å². The first kappa shape index (κ1) is 14.6. The number of ether oxygens (including phenoxy) is 1. The molecule has 0 bridgehead atoms. The summed E-state index contributed by atoms with van der Waals surface area (Å²) in [5, 5.41) is 0.0627. The molecule has 1 aromatic rings. The summed E-state index contributed by atoms with van der Waals surface area (Å²) in [5.74, 6) is -0.952. The largest absolute Gasteiger partial charge is 0.375 e. The van der Waals surface area contributed by atoms with Gasteiger partial charge in [-0.1, -0.05) is 23.2 Å². The van der Waals surface area contributed by atoms with Gasteiger partial charge in [0, 0.05) is 6.54 Å². The van der Waals surface area contributed by atoms with Crippen molar-refractivity contribution in [1.29, 1.82) is 0 Å². The summed E-state index contributed by atoms with van der Waals surface area (Å²) in [5.41, 5.74) is 0.129. The predicted octanol–water partition coefficient (Wildman–Crippen LogP) is 3.38. The van der Waals surface area contributed by atoms with Gasteiger partial charge in [0.2, 0.25) is 0 Å². The van der Waals surface area contributed by atoms with Gasteiger partial charge in [-0.25, -0.2) is 4.39 Å². The Bertz CT molecular complexity index is 510. The molecule has 1 amide bonds. The Balaban J connectivity index is 2.31. The van der Waals surface area contributed by atoms with E-state index in [1.54, 1.807) is 4.90 Å². The van der Waals surface area contributed by atoms with Crippen molar-refractivity contribution in [3.8, 4) is 0 Å². The zero-order chi connectivity index (χ0) is 14.2. The third kappa shape index (κ3) is 3.02. The second-order valence-electron chi connectivity index (χ2n) is 4.70. The van der Waals surface area contributed by atoms with Crippen molar-refractivity contribution in [3.05, 3.63) is 33.6 Å². The van der Waals surface area contributed by atoms with Gasteiger partial charge in [-0.3, -0.25) is 4.79 Å². The van der Waals surface area contributed by atoms with Gasteiger partial charge < -0.3 is 9.64 Å². The maximum absolute atomic E-state index is 13.5. The molecule has 104 valence electrons. The Kier molecular flexibility index (Phi) is 4.33. The second-order valence-corrected chi connectivity index (χ2v) is 5.51. The molecule has 1 fully saturated rings. The highest BCUT2D eigenvalue weighted by molar-refractivity contribution is 6.36. The Morgan fingerprint density at radius 3 is 2.74 bits per heavy atom. The van der Waals surface area contributed by atoms with Crippen LogP contribution in [-0.2, 0) is 4.74 Å². The molecule has 19 heavy (non-hydrogen) atoms. The molecule has 0 N–H and O–H groups in total. The Morgan fingerprint density at radius 1 is 1.37 bits per heavy atom. The van der Waals surface area contributed by atoms with Crippen molar-refractivity contribution in [2.75, 3.05) is 13.2 Å². The van der Waals surface area contributed by atoms with Crippen LogP contribution in [0.4, 0.5) is 4.39 Å². The molecule has 0 aromatic heterocycles. The van der Waals surface area contributed by atoms with Crippen LogP contribution < -0.4 is 0 Å². The lowest BCUT2D eigenvalue weighted by molar-refractivity contribution is -0.0387. The fraction of sp³-hybridized carbons (Fsp3) is 0.462. The van der Waals surface area contributed by atoms with Crippen LogP contribution in [0.15, 0.2) is 12.1 Å². The quantitative estimate of drug-likeness (QED) is 0.744. The van der Waals surface area contributed by atoms with E-state index in [1.165, 1.54) is 6.07 Å². The minimum Gasteiger partial charge on any atom is -0.375 e. The van der Waals surface area contributed by atoms with Gasteiger partial charge in [0.05, 0.1) is 34.4 Å². The normalized spacial score (nSPS) is 23.5. The molecule has 0 radical (unpaired) electrons. The van der Waals surface area contributed by atoms with Gasteiger partial charge in [0.1, 0.15) is 5.82 Å². The fourth-order valence-corrected chi connectivity index (χ4v) is 2.49. The zero-order valence-corrected chi connectivity index (χ0v) is 12.1. The monoisotopic (exact) mass is 305 g/mol. The first-order valence-corrected chi connectivity index (χ1v) is 6.73. The molecule has 1 aliphatic rings. The van der Waals surface area contributed by atoms with E-state index >= 15 is 0 Å². The van der Waals surface area contributed by atoms with E-state index in [4.69, 9.17) is 27.9 Å². The lowest BCUT2D eigenvalue weighted by Crippen LogP contribution is -2.50. The Hall–Kier alpha value is -0.840. The highest BCUT2D eigenvalue weighted by atomic mass is 35.5. The number of carbonyl (C=O) groups is 1. The molecule has 1 aromatic carbocycles. The van der Waals surface area contributed by atoms with Crippen LogP contribution in [0.3, 0.4) is 0 Å². The molecule has 0 aliphatic carbocycles. The highest BCUT2D eigenvalue weighted by Gasteiger charge is 2.29. The molecule has 1 saturated heterocycles. The van der Waals surface area contributed by atoms with E-state index < -0.39 is 5.82 Å². The van der Waals surface area contributed by atoms with Crippen LogP contribution in [0.2, 0.25) is 10.0 Å². The number of rotatable bonds is 1. The van der Waals surface area contributed by atoms with Crippen LogP contribution in [0.25, 0.3) is 0 Å². The van der Waals surface area contributed by atoms with Gasteiger partial charge in [0.25, 0.3) is 5.91 Å². The van der Waals surface area contributed by atoms with Crippen LogP contribution >= 0.6 is 23.2 Å². The number of halogens is 3. The number of hydrogen-bond acceptors (Lipinski definition) is 2. The molecular formula is C13H14Cl2FNO2. The number of hydrogen-bond donors (Lipinski definition) is 0. The minimum absolute atomic E-state index is 0.0453. The van der Waals surface area contributed by atoms with Crippen molar-refractivity contribution in [3.63, 3.8) is 0 Å². The van der Waals surface area contributed by atoms with E-state index in [-0.39, 0.29) is 33.7 Å². The molecule has 2 unspecified atom stereocenters. The summed E-state index contributed by atoms with van der Waals surface area (Å²) in [4.78, 5) is 14.1. The van der Waals surface area contributed by atoms with Gasteiger partial charge in [-0.05, 0) is 26.0 Å². The van der Waals surface area contributed by atoms with E-state index in [1.807, 2.05) is 13.8 Å². The van der Waals surface area contributed by atoms with E-state index in [0.29, 0.717) is 13.2 Å². The van der Waals surface area contributed by atoms with E-state index in [9.17, 15) is 9.18 Å². The number of amides is 1. The summed E-state index contributed by atoms with van der Waals surface area (Å²) >= 11 is 11.6. The Labute approximate surface area is 121 Å². The van der Waals surface area contributed by atoms with Crippen LogP contribution in [0.1, 0.15) is 24.2 Å². The highest BCUT2D eigenvalue weighted by Crippen LogP contribution is 2.26. The van der Waals surface area contributed by atoms with Crippen molar-refractivity contribution < 1.29 is 13.9 Å². The lowest BCUT2D eigenvalue weighted by Gasteiger charge is -2.37.